The van der Waals surface area contributed by atoms with E-state index in [1.807, 2.05) is 24.3 Å². The molecule has 0 radical (unpaired) electrons. The first-order chi connectivity index (χ1) is 45.0. The number of carboxylic acids is 1. The van der Waals surface area contributed by atoms with Gasteiger partial charge in [-0.25, -0.2) is 28.4 Å². The average molecular weight is 1260 g/mol. The molecule has 2 saturated heterocycles. The molecular formula is C70H67N7O16. The highest BCUT2D eigenvalue weighted by atomic mass is 16.7. The number of anilines is 4. The van der Waals surface area contributed by atoms with E-state index in [2.05, 4.69) is 22.5 Å². The third-order valence-electron chi connectivity index (χ3n) is 19.4. The van der Waals surface area contributed by atoms with E-state index in [1.54, 1.807) is 31.3 Å². The molecule has 3 aromatic heterocycles. The molecule has 6 unspecified atom stereocenters. The Balaban J connectivity index is 0.737. The van der Waals surface area contributed by atoms with Crippen LogP contribution in [0, 0.1) is 35.5 Å². The topological polar surface area (TPSA) is 290 Å². The molecule has 3 aliphatic carbocycles. The van der Waals surface area contributed by atoms with Gasteiger partial charge in [-0.3, -0.25) is 38.5 Å². The van der Waals surface area contributed by atoms with Crippen LogP contribution in [0.2, 0.25) is 0 Å². The van der Waals surface area contributed by atoms with Gasteiger partial charge in [-0.1, -0.05) is 38.3 Å². The van der Waals surface area contributed by atoms with Crippen molar-refractivity contribution in [1.29, 1.82) is 0 Å². The number of benzene rings is 5. The van der Waals surface area contributed by atoms with Crippen LogP contribution in [0.25, 0.3) is 32.9 Å². The summed E-state index contributed by atoms with van der Waals surface area (Å²) in [5.41, 5.74) is -1.96. The van der Waals surface area contributed by atoms with Crippen LogP contribution in [-0.2, 0) is 28.6 Å². The molecule has 6 atom stereocenters. The zero-order chi connectivity index (χ0) is 64.9. The summed E-state index contributed by atoms with van der Waals surface area (Å²) in [5, 5.41) is 14.7. The highest BCUT2D eigenvalue weighted by Crippen LogP contribution is 2.62. The molecule has 5 heterocycles. The van der Waals surface area contributed by atoms with Crippen molar-refractivity contribution in [3.63, 3.8) is 0 Å². The van der Waals surface area contributed by atoms with Gasteiger partial charge in [-0.15, -0.1) is 0 Å². The number of amides is 3. The van der Waals surface area contributed by atoms with Gasteiger partial charge in [0, 0.05) is 74.5 Å². The number of hydrogen-bond acceptors (Lipinski definition) is 18. The van der Waals surface area contributed by atoms with E-state index in [4.69, 9.17) is 23.7 Å². The number of imide groups is 1. The van der Waals surface area contributed by atoms with Crippen molar-refractivity contribution in [3.8, 4) is 22.9 Å². The maximum atomic E-state index is 15.2. The number of carboxylic acid groups (broad SMARTS) is 1. The minimum atomic E-state index is -1.31. The molecule has 23 heteroatoms. The highest BCUT2D eigenvalue weighted by molar-refractivity contribution is 6.20. The number of nitrogens with one attached hydrogen (secondary N) is 2. The third kappa shape index (κ3) is 11.5. The van der Waals surface area contributed by atoms with Crippen molar-refractivity contribution in [2.45, 2.75) is 83.2 Å². The van der Waals surface area contributed by atoms with Gasteiger partial charge in [0.25, 0.3) is 22.2 Å². The van der Waals surface area contributed by atoms with Gasteiger partial charge in [0.1, 0.15) is 11.5 Å². The van der Waals surface area contributed by atoms with E-state index in [1.165, 1.54) is 85.6 Å². The van der Waals surface area contributed by atoms with E-state index in [0.29, 0.717) is 41.3 Å². The number of aromatic carboxylic acids is 1. The zero-order valence-electron chi connectivity index (χ0n) is 51.3. The van der Waals surface area contributed by atoms with E-state index in [0.717, 1.165) is 70.9 Å². The van der Waals surface area contributed by atoms with Crippen LogP contribution < -0.4 is 52.1 Å². The van der Waals surface area contributed by atoms with Crippen molar-refractivity contribution in [2.75, 3.05) is 61.3 Å². The number of fused-ring (bicyclic) bond motifs is 11. The number of esters is 2. The molecule has 5 aromatic carbocycles. The SMILES string of the molecule is CCCCCCOC1CCC(c2ccc(OCOC(=O)c3cc(NC)cc(N4C(=O)C5CC(C4=O)C4C6CC(CN(c7cc(C(=O)OCOc8ccncc8)cc(-n8c(=O)c9cc%10c(=O)n(-c%11cc(NC)cc(C(=O)O)c%11)c(=O)c%10cc9c8=O)c7)C6=O)C54)c3)cc2)CC1. The van der Waals surface area contributed by atoms with Crippen molar-refractivity contribution in [1.82, 2.24) is 14.1 Å². The Morgan fingerprint density at radius 1 is 0.548 bits per heavy atom. The number of pyridine rings is 1. The van der Waals surface area contributed by atoms with E-state index in [-0.39, 0.29) is 79.9 Å². The van der Waals surface area contributed by atoms with Gasteiger partial charge in [-0.2, -0.15) is 0 Å². The quantitative estimate of drug-likeness (QED) is 0.0188. The number of aromatic nitrogens is 3. The lowest BCUT2D eigenvalue weighted by atomic mass is 9.82. The van der Waals surface area contributed by atoms with Crippen LogP contribution in [0.5, 0.6) is 11.5 Å². The van der Waals surface area contributed by atoms with Crippen molar-refractivity contribution in [2.24, 2.45) is 35.5 Å². The lowest BCUT2D eigenvalue weighted by Crippen LogP contribution is -2.51. The van der Waals surface area contributed by atoms with Crippen molar-refractivity contribution >= 4 is 79.9 Å². The molecule has 8 aromatic rings. The van der Waals surface area contributed by atoms with Crippen LogP contribution >= 0.6 is 0 Å². The number of carbonyl (C=O) groups excluding carboxylic acids is 5. The molecule has 3 saturated carbocycles. The molecule has 478 valence electrons. The van der Waals surface area contributed by atoms with Gasteiger partial charge >= 0.3 is 17.9 Å². The second-order valence-electron chi connectivity index (χ2n) is 24.6. The number of carbonyl (C=O) groups is 6. The molecule has 2 aliphatic heterocycles. The smallest absolute Gasteiger partial charge is 0.341 e. The molecule has 23 nitrogen and oxygen atoms in total. The first-order valence-electron chi connectivity index (χ1n) is 31.4. The fraction of sp³-hybridized carbons (Fsp3) is 0.357. The maximum absolute atomic E-state index is 15.2. The standard InChI is InChI=1S/C70H67N7O16/c1-4-5-6-7-20-89-49-12-8-37(9-13-49)38-10-14-50(15-11-38)90-35-92-69(87)40-22-44(72-3)29-47(25-40)76-66(83)57-33-58(67(76)84)60-56-27-42(59(57)60)34-74(61(56)78)45-24-41(70(88)93-36-91-51-16-18-73-19-17-51)26-48(30-45)77-64(81)54-31-52-53(32-55(54)65(77)82)63(80)75(62(52)79)46-23-39(68(85)86)21-43(28-46)71-2/h10-11,14-19,21-26,28-32,37,42,49,56-60,71-72H,4-9,12-13,20,27,33-36H2,1-3H3,(H,85,86). The van der Waals surface area contributed by atoms with Crippen LogP contribution in [0.4, 0.5) is 22.7 Å². The van der Waals surface area contributed by atoms with Gasteiger partial charge in [0.15, 0.2) is 0 Å². The molecule has 93 heavy (non-hydrogen) atoms. The number of piperidine rings is 2. The van der Waals surface area contributed by atoms with Crippen molar-refractivity contribution in [3.05, 3.63) is 179 Å². The van der Waals surface area contributed by atoms with Gasteiger partial charge in [0.2, 0.25) is 31.3 Å². The third-order valence-corrected chi connectivity index (χ3v) is 19.4. The normalized spacial score (nSPS) is 21.5. The van der Waals surface area contributed by atoms with Crippen LogP contribution in [-0.4, -0.2) is 102 Å². The number of rotatable bonds is 22. The summed E-state index contributed by atoms with van der Waals surface area (Å²) in [6, 6.07) is 25.6. The minimum Gasteiger partial charge on any atom is -0.478 e. The Kier molecular flexibility index (Phi) is 16.8. The first kappa shape index (κ1) is 61.6. The maximum Gasteiger partial charge on any atom is 0.341 e. The molecule has 13 rings (SSSR count). The Morgan fingerprint density at radius 2 is 1.06 bits per heavy atom. The molecule has 3 N–H and O–H groups in total. The predicted octanol–water partition coefficient (Wildman–Crippen LogP) is 8.50. The Labute approximate surface area is 531 Å². The monoisotopic (exact) mass is 1260 g/mol. The largest absolute Gasteiger partial charge is 0.478 e. The van der Waals surface area contributed by atoms with Gasteiger partial charge in [-0.05, 0) is 165 Å². The fourth-order valence-corrected chi connectivity index (χ4v) is 14.9. The summed E-state index contributed by atoms with van der Waals surface area (Å²) in [6.45, 7) is 2.08. The Hall–Kier alpha value is -10.3. The number of ether oxygens (including phenoxy) is 5. The van der Waals surface area contributed by atoms with E-state index in [9.17, 15) is 48.3 Å². The summed E-state index contributed by atoms with van der Waals surface area (Å²) in [4.78, 5) is 149. The molecule has 4 bridgehead atoms. The number of hydrogen-bond donors (Lipinski definition) is 3. The minimum absolute atomic E-state index is 0.0264. The predicted molar refractivity (Wildman–Crippen MR) is 343 cm³/mol. The lowest BCUT2D eigenvalue weighted by molar-refractivity contribution is -0.134. The number of nitrogens with zero attached hydrogens (tertiary/aromatic N) is 5. The Bertz CT molecular complexity index is 4450. The second-order valence-corrected chi connectivity index (χ2v) is 24.6. The fourth-order valence-electron chi connectivity index (χ4n) is 14.9. The molecule has 3 amide bonds. The average Bonchev–Trinajstić information content (AvgIpc) is 1.56. The summed E-state index contributed by atoms with van der Waals surface area (Å²) >= 11 is 0. The van der Waals surface area contributed by atoms with Crippen LogP contribution in [0.3, 0.4) is 0 Å². The van der Waals surface area contributed by atoms with Gasteiger partial charge in [0.05, 0.1) is 61.4 Å². The lowest BCUT2D eigenvalue weighted by Gasteiger charge is -2.37. The van der Waals surface area contributed by atoms with E-state index < -0.39 is 101 Å². The summed E-state index contributed by atoms with van der Waals surface area (Å²) in [6.07, 6.45) is 12.7. The summed E-state index contributed by atoms with van der Waals surface area (Å²) in [5.74, 6) is -6.68. The van der Waals surface area contributed by atoms with Gasteiger partial charge < -0.3 is 44.3 Å². The molecule has 0 spiro atoms. The molecule has 5 fully saturated rings. The first-order valence-corrected chi connectivity index (χ1v) is 31.4. The van der Waals surface area contributed by atoms with E-state index >= 15 is 4.79 Å². The molecule has 5 aliphatic rings. The summed E-state index contributed by atoms with van der Waals surface area (Å²) < 4.78 is 30.3. The van der Waals surface area contributed by atoms with Crippen LogP contribution in [0.1, 0.15) is 114 Å². The Morgan fingerprint density at radius 3 is 1.66 bits per heavy atom. The van der Waals surface area contributed by atoms with Crippen LogP contribution in [0.15, 0.2) is 135 Å². The second kappa shape index (κ2) is 25.4. The summed E-state index contributed by atoms with van der Waals surface area (Å²) in [7, 11) is 3.17. The number of unbranched alkanes of at least 4 members (excludes halogenated alkanes) is 3. The van der Waals surface area contributed by atoms with Crippen molar-refractivity contribution < 1.29 is 57.6 Å². The highest BCUT2D eigenvalue weighted by Gasteiger charge is 2.66. The molecular weight excluding hydrogens is 1190 g/mol. The zero-order valence-corrected chi connectivity index (χ0v) is 51.3.